The number of anilines is 1. The molecule has 0 bridgehead atoms. The molecular weight excluding hydrogens is 511 g/mol. The number of terminal acetylenes is 1. The van der Waals surface area contributed by atoms with Crippen LogP contribution in [0.3, 0.4) is 0 Å². The zero-order valence-corrected chi connectivity index (χ0v) is 19.1. The number of halogens is 1. The van der Waals surface area contributed by atoms with Crippen LogP contribution in [0.5, 0.6) is 11.5 Å². The normalized spacial score (nSPS) is 15.0. The Morgan fingerprint density at radius 1 is 1.23 bits per heavy atom. The molecular formula is C23H19IN2O5. The highest BCUT2D eigenvalue weighted by Crippen LogP contribution is 2.35. The number of nitrogens with one attached hydrogen (secondary N) is 1. The maximum atomic E-state index is 13.2. The lowest BCUT2D eigenvalue weighted by atomic mass is 10.0. The molecule has 0 aliphatic carbocycles. The number of methoxy groups -OCH3 is 1. The molecule has 1 aliphatic heterocycles. The average Bonchev–Trinajstić information content (AvgIpc) is 2.75. The number of nitrogens with zero attached hydrogens (tertiary/aromatic N) is 1. The molecule has 1 fully saturated rings. The van der Waals surface area contributed by atoms with Gasteiger partial charge in [0.05, 0.1) is 16.4 Å². The summed E-state index contributed by atoms with van der Waals surface area (Å²) < 4.78 is 11.6. The number of amides is 4. The van der Waals surface area contributed by atoms with Crippen LogP contribution >= 0.6 is 22.6 Å². The van der Waals surface area contributed by atoms with Crippen molar-refractivity contribution in [2.75, 3.05) is 18.6 Å². The van der Waals surface area contributed by atoms with Crippen LogP contribution in [0.25, 0.3) is 6.08 Å². The zero-order chi connectivity index (χ0) is 22.5. The lowest BCUT2D eigenvalue weighted by Gasteiger charge is -2.28. The van der Waals surface area contributed by atoms with Gasteiger partial charge in [0, 0.05) is 0 Å². The van der Waals surface area contributed by atoms with E-state index in [0.717, 1.165) is 10.5 Å². The summed E-state index contributed by atoms with van der Waals surface area (Å²) in [7, 11) is 1.48. The van der Waals surface area contributed by atoms with Crippen molar-refractivity contribution in [3.63, 3.8) is 0 Å². The molecule has 31 heavy (non-hydrogen) atoms. The molecule has 0 aromatic heterocycles. The smallest absolute Gasteiger partial charge is 0.335 e. The van der Waals surface area contributed by atoms with Crippen molar-refractivity contribution >= 4 is 52.2 Å². The average molecular weight is 530 g/mol. The summed E-state index contributed by atoms with van der Waals surface area (Å²) in [4.78, 5) is 39.1. The van der Waals surface area contributed by atoms with E-state index in [9.17, 15) is 14.4 Å². The highest BCUT2D eigenvalue weighted by atomic mass is 127. The zero-order valence-electron chi connectivity index (χ0n) is 16.9. The van der Waals surface area contributed by atoms with Gasteiger partial charge in [-0.05, 0) is 64.4 Å². The van der Waals surface area contributed by atoms with Gasteiger partial charge in [0.25, 0.3) is 11.8 Å². The molecule has 4 amide bonds. The Morgan fingerprint density at radius 2 is 1.97 bits per heavy atom. The summed E-state index contributed by atoms with van der Waals surface area (Å²) >= 11 is 2.05. The lowest BCUT2D eigenvalue weighted by Crippen LogP contribution is -2.54. The molecule has 0 atom stereocenters. The molecule has 2 aromatic carbocycles. The highest BCUT2D eigenvalue weighted by molar-refractivity contribution is 14.1. The van der Waals surface area contributed by atoms with Gasteiger partial charge in [0.1, 0.15) is 12.2 Å². The van der Waals surface area contributed by atoms with Crippen molar-refractivity contribution in [2.45, 2.75) is 13.3 Å². The summed E-state index contributed by atoms with van der Waals surface area (Å²) in [5, 5.41) is 2.24. The summed E-state index contributed by atoms with van der Waals surface area (Å²) in [6.07, 6.45) is 7.29. The highest BCUT2D eigenvalue weighted by Gasteiger charge is 2.37. The number of hydrogen-bond acceptors (Lipinski definition) is 5. The first-order valence-electron chi connectivity index (χ1n) is 9.34. The first-order valence-corrected chi connectivity index (χ1v) is 10.4. The van der Waals surface area contributed by atoms with Crippen LogP contribution in [-0.2, 0) is 16.0 Å². The monoisotopic (exact) mass is 530 g/mol. The molecule has 8 heteroatoms. The SMILES string of the molecule is C#CCOc1c(I)cc(/C=C2/C(=O)NC(=O)N(c3ccccc3CC)C2=O)cc1OC. The third-order valence-electron chi connectivity index (χ3n) is 4.58. The van der Waals surface area contributed by atoms with Crippen molar-refractivity contribution < 1.29 is 23.9 Å². The minimum Gasteiger partial charge on any atom is -0.493 e. The molecule has 0 unspecified atom stereocenters. The number of carbonyl (C=O) groups is 3. The predicted octanol–water partition coefficient (Wildman–Crippen LogP) is 3.54. The van der Waals surface area contributed by atoms with E-state index in [-0.39, 0.29) is 12.2 Å². The van der Waals surface area contributed by atoms with Crippen molar-refractivity contribution in [1.29, 1.82) is 0 Å². The number of carbonyl (C=O) groups excluding carboxylic acids is 3. The van der Waals surface area contributed by atoms with E-state index in [4.69, 9.17) is 15.9 Å². The molecule has 1 N–H and O–H groups in total. The maximum Gasteiger partial charge on any atom is 0.335 e. The second-order valence-corrected chi connectivity index (χ2v) is 7.63. The van der Waals surface area contributed by atoms with E-state index in [1.54, 1.807) is 24.3 Å². The van der Waals surface area contributed by atoms with Gasteiger partial charge < -0.3 is 9.47 Å². The Kier molecular flexibility index (Phi) is 6.97. The fourth-order valence-corrected chi connectivity index (χ4v) is 3.93. The van der Waals surface area contributed by atoms with Crippen LogP contribution < -0.4 is 19.7 Å². The molecule has 2 aromatic rings. The van der Waals surface area contributed by atoms with Crippen LogP contribution in [0.4, 0.5) is 10.5 Å². The number of para-hydroxylation sites is 1. The number of urea groups is 1. The van der Waals surface area contributed by atoms with E-state index in [1.807, 2.05) is 19.1 Å². The summed E-state index contributed by atoms with van der Waals surface area (Å²) in [5.74, 6) is 1.81. The van der Waals surface area contributed by atoms with Crippen LogP contribution in [0.1, 0.15) is 18.1 Å². The Labute approximate surface area is 193 Å². The van der Waals surface area contributed by atoms with Crippen LogP contribution in [0.2, 0.25) is 0 Å². The van der Waals surface area contributed by atoms with Crippen molar-refractivity contribution in [3.8, 4) is 23.8 Å². The van der Waals surface area contributed by atoms with Gasteiger partial charge in [-0.25, -0.2) is 9.69 Å². The largest absolute Gasteiger partial charge is 0.493 e. The second-order valence-electron chi connectivity index (χ2n) is 6.47. The minimum absolute atomic E-state index is 0.0710. The molecule has 158 valence electrons. The number of imide groups is 2. The van der Waals surface area contributed by atoms with Gasteiger partial charge in [-0.2, -0.15) is 0 Å². The number of barbiturate groups is 1. The number of ether oxygens (including phenoxy) is 2. The number of rotatable bonds is 6. The molecule has 3 rings (SSSR count). The summed E-state index contributed by atoms with van der Waals surface area (Å²) in [6, 6.07) is 9.64. The van der Waals surface area contributed by atoms with Gasteiger partial charge in [-0.15, -0.1) is 6.42 Å². The quantitative estimate of drug-likeness (QED) is 0.268. The molecule has 1 heterocycles. The van der Waals surface area contributed by atoms with E-state index in [1.165, 1.54) is 13.2 Å². The molecule has 0 radical (unpaired) electrons. The van der Waals surface area contributed by atoms with Gasteiger partial charge in [-0.3, -0.25) is 14.9 Å². The molecule has 1 aliphatic rings. The van der Waals surface area contributed by atoms with Crippen LogP contribution in [-0.4, -0.2) is 31.6 Å². The van der Waals surface area contributed by atoms with Gasteiger partial charge in [0.15, 0.2) is 11.5 Å². The van der Waals surface area contributed by atoms with Crippen molar-refractivity contribution in [1.82, 2.24) is 5.32 Å². The van der Waals surface area contributed by atoms with E-state index >= 15 is 0 Å². The van der Waals surface area contributed by atoms with Crippen LogP contribution in [0, 0.1) is 15.9 Å². The number of hydrogen-bond donors (Lipinski definition) is 1. The third kappa shape index (κ3) is 4.56. The first kappa shape index (κ1) is 22.4. The molecule has 0 saturated carbocycles. The number of aryl methyl sites for hydroxylation is 1. The Hall–Kier alpha value is -3.32. The predicted molar refractivity (Wildman–Crippen MR) is 125 cm³/mol. The fraction of sp³-hybridized carbons (Fsp3) is 0.174. The standard InChI is InChI=1S/C23H19IN2O5/c1-4-10-31-20-17(24)12-14(13-19(20)30-3)11-16-21(27)25-23(29)26(22(16)28)18-9-7-6-8-15(18)5-2/h1,6-9,11-13H,5,10H2,2-3H3,(H,25,27,29)/b16-11-. The Bertz CT molecular complexity index is 1130. The second kappa shape index (κ2) is 9.66. The van der Waals surface area contributed by atoms with Crippen LogP contribution in [0.15, 0.2) is 42.0 Å². The maximum absolute atomic E-state index is 13.2. The molecule has 0 spiro atoms. The topological polar surface area (TPSA) is 84.9 Å². The lowest BCUT2D eigenvalue weighted by molar-refractivity contribution is -0.122. The fourth-order valence-electron chi connectivity index (χ4n) is 3.15. The number of benzene rings is 2. The minimum atomic E-state index is -0.779. The molecule has 1 saturated heterocycles. The third-order valence-corrected chi connectivity index (χ3v) is 5.38. The van der Waals surface area contributed by atoms with Gasteiger partial charge >= 0.3 is 6.03 Å². The molecule has 7 nitrogen and oxygen atoms in total. The van der Waals surface area contributed by atoms with Crippen molar-refractivity contribution in [3.05, 3.63) is 56.7 Å². The Morgan fingerprint density at radius 3 is 2.65 bits per heavy atom. The summed E-state index contributed by atoms with van der Waals surface area (Å²) in [5.41, 5.74) is 1.62. The Balaban J connectivity index is 2.04. The van der Waals surface area contributed by atoms with Gasteiger partial charge in [0.2, 0.25) is 0 Å². The van der Waals surface area contributed by atoms with E-state index in [2.05, 4.69) is 33.8 Å². The first-order chi connectivity index (χ1) is 14.9. The van der Waals surface area contributed by atoms with E-state index in [0.29, 0.717) is 32.7 Å². The van der Waals surface area contributed by atoms with E-state index < -0.39 is 17.8 Å². The van der Waals surface area contributed by atoms with Gasteiger partial charge in [-0.1, -0.05) is 31.0 Å². The van der Waals surface area contributed by atoms with Crippen molar-refractivity contribution in [2.24, 2.45) is 0 Å². The summed E-state index contributed by atoms with van der Waals surface area (Å²) in [6.45, 7) is 1.99.